The predicted molar refractivity (Wildman–Crippen MR) is 93.1 cm³/mol. The van der Waals surface area contributed by atoms with E-state index >= 15 is 0 Å². The van der Waals surface area contributed by atoms with Crippen molar-refractivity contribution in [2.45, 2.75) is 37.3 Å². The summed E-state index contributed by atoms with van der Waals surface area (Å²) >= 11 is 5.60. The van der Waals surface area contributed by atoms with Gasteiger partial charge in [-0.1, -0.05) is 11.6 Å². The molecule has 3 fully saturated rings. The zero-order valence-corrected chi connectivity index (χ0v) is 15.2. The minimum atomic E-state index is -0.604. The van der Waals surface area contributed by atoms with Crippen LogP contribution < -0.4 is 15.4 Å². The van der Waals surface area contributed by atoms with Crippen LogP contribution >= 0.6 is 11.6 Å². The summed E-state index contributed by atoms with van der Waals surface area (Å²) in [7, 11) is 0. The van der Waals surface area contributed by atoms with Crippen LogP contribution in [0.1, 0.15) is 35.7 Å². The molecule has 5 rings (SSSR count). The highest BCUT2D eigenvalue weighted by atomic mass is 35.5. The molecule has 3 aliphatic rings. The molecule has 2 N–H and O–H groups in total. The minimum Gasteiger partial charge on any atom is -0.484 e. The van der Waals surface area contributed by atoms with Crippen LogP contribution in [0.4, 0.5) is 4.39 Å². The van der Waals surface area contributed by atoms with Crippen molar-refractivity contribution >= 4 is 23.4 Å². The first-order chi connectivity index (χ1) is 12.8. The van der Waals surface area contributed by atoms with Crippen molar-refractivity contribution in [3.63, 3.8) is 0 Å². The number of oxazole rings is 1. The lowest BCUT2D eigenvalue weighted by atomic mass is 9.44. The van der Waals surface area contributed by atoms with Gasteiger partial charge in [0.1, 0.15) is 17.3 Å². The van der Waals surface area contributed by atoms with E-state index in [0.717, 1.165) is 6.07 Å². The minimum absolute atomic E-state index is 0.00655. The third-order valence-electron chi connectivity index (χ3n) is 4.89. The van der Waals surface area contributed by atoms with Gasteiger partial charge in [0.2, 0.25) is 0 Å². The summed E-state index contributed by atoms with van der Waals surface area (Å²) in [6.07, 6.45) is 3.43. The van der Waals surface area contributed by atoms with Crippen molar-refractivity contribution in [3.05, 3.63) is 46.9 Å². The molecule has 0 spiro atoms. The van der Waals surface area contributed by atoms with Gasteiger partial charge in [0.05, 0.1) is 11.2 Å². The Morgan fingerprint density at radius 3 is 2.63 bits per heavy atom. The number of hydrogen-bond acceptors (Lipinski definition) is 5. The van der Waals surface area contributed by atoms with Crippen LogP contribution in [0.15, 0.2) is 28.8 Å². The highest BCUT2D eigenvalue weighted by molar-refractivity contribution is 6.30. The molecule has 3 aliphatic carbocycles. The monoisotopic (exact) mass is 393 g/mol. The van der Waals surface area contributed by atoms with E-state index in [4.69, 9.17) is 20.8 Å². The van der Waals surface area contributed by atoms with E-state index < -0.39 is 5.82 Å². The number of carbonyl (C=O) groups is 2. The van der Waals surface area contributed by atoms with Gasteiger partial charge < -0.3 is 19.8 Å². The third-order valence-corrected chi connectivity index (χ3v) is 5.20. The SMILES string of the molecule is Cc1cnc(C(=O)NC23CC(NC(=O)COc4ccc(Cl)c(F)c4)(C2)C3)o1. The number of nitrogens with zero attached hydrogens (tertiary/aromatic N) is 1. The molecule has 0 atom stereocenters. The van der Waals surface area contributed by atoms with Gasteiger partial charge in [0, 0.05) is 17.1 Å². The maximum absolute atomic E-state index is 13.4. The molecule has 0 radical (unpaired) electrons. The van der Waals surface area contributed by atoms with Gasteiger partial charge in [0.25, 0.3) is 11.8 Å². The standard InChI is InChI=1S/C18H17ClFN3O4/c1-10-5-21-16(27-10)15(25)23-18-7-17(8-18,9-18)22-14(24)6-26-11-2-3-12(19)13(20)4-11/h2-5H,6-9H2,1H3,(H,22,24)(H,23,25). The summed E-state index contributed by atoms with van der Waals surface area (Å²) < 4.78 is 23.9. The lowest BCUT2D eigenvalue weighted by molar-refractivity contribution is -0.141. The Kier molecular flexibility index (Phi) is 4.10. The summed E-state index contributed by atoms with van der Waals surface area (Å²) in [5, 5.41) is 5.84. The van der Waals surface area contributed by atoms with Crippen molar-refractivity contribution in [3.8, 4) is 5.75 Å². The maximum Gasteiger partial charge on any atom is 0.307 e. The Morgan fingerprint density at radius 2 is 2.00 bits per heavy atom. The summed E-state index contributed by atoms with van der Waals surface area (Å²) in [4.78, 5) is 28.1. The summed E-state index contributed by atoms with van der Waals surface area (Å²) in [6.45, 7) is 1.49. The largest absolute Gasteiger partial charge is 0.484 e. The van der Waals surface area contributed by atoms with E-state index in [1.54, 1.807) is 6.92 Å². The number of benzene rings is 1. The van der Waals surface area contributed by atoms with Gasteiger partial charge in [-0.15, -0.1) is 0 Å². The van der Waals surface area contributed by atoms with Gasteiger partial charge in [-0.3, -0.25) is 9.59 Å². The average molecular weight is 394 g/mol. The van der Waals surface area contributed by atoms with Crippen molar-refractivity contribution in [2.24, 2.45) is 0 Å². The maximum atomic E-state index is 13.4. The molecule has 2 bridgehead atoms. The molecule has 1 aromatic heterocycles. The second-order valence-electron chi connectivity index (χ2n) is 7.23. The normalized spacial score (nSPS) is 25.1. The molecule has 142 valence electrons. The highest BCUT2D eigenvalue weighted by Crippen LogP contribution is 2.60. The molecule has 27 heavy (non-hydrogen) atoms. The molecule has 1 aromatic carbocycles. The molecule has 1 heterocycles. The molecule has 0 aliphatic heterocycles. The van der Waals surface area contributed by atoms with E-state index in [1.807, 2.05) is 0 Å². The first-order valence-electron chi connectivity index (χ1n) is 8.42. The summed E-state index contributed by atoms with van der Waals surface area (Å²) in [5.41, 5.74) is -0.627. The fourth-order valence-corrected chi connectivity index (χ4v) is 3.97. The van der Waals surface area contributed by atoms with Crippen molar-refractivity contribution in [1.29, 1.82) is 0 Å². The quantitative estimate of drug-likeness (QED) is 0.786. The number of carbonyl (C=O) groups excluding carboxylic acids is 2. The predicted octanol–water partition coefficient (Wildman–Crippen LogP) is 2.38. The zero-order valence-electron chi connectivity index (χ0n) is 14.5. The molecule has 3 saturated carbocycles. The van der Waals surface area contributed by atoms with Crippen LogP contribution in [-0.4, -0.2) is 34.5 Å². The number of aryl methyl sites for hydroxylation is 1. The Balaban J connectivity index is 1.23. The summed E-state index contributed by atoms with van der Waals surface area (Å²) in [6, 6.07) is 3.99. The Labute approximate surface area is 159 Å². The molecule has 7 nitrogen and oxygen atoms in total. The fourth-order valence-electron chi connectivity index (χ4n) is 3.85. The van der Waals surface area contributed by atoms with Gasteiger partial charge in [-0.05, 0) is 38.3 Å². The number of amides is 2. The second-order valence-corrected chi connectivity index (χ2v) is 7.64. The number of ether oxygens (including phenoxy) is 1. The number of nitrogens with one attached hydrogen (secondary N) is 2. The van der Waals surface area contributed by atoms with Crippen LogP contribution in [0.2, 0.25) is 5.02 Å². The first kappa shape index (κ1) is 17.8. The van der Waals surface area contributed by atoms with E-state index in [0.29, 0.717) is 25.0 Å². The Bertz CT molecular complexity index is 909. The number of rotatable bonds is 6. The third kappa shape index (κ3) is 3.37. The molecule has 2 aromatic rings. The summed E-state index contributed by atoms with van der Waals surface area (Å²) in [5.74, 6) is -0.410. The fraction of sp³-hybridized carbons (Fsp3) is 0.389. The van der Waals surface area contributed by atoms with Gasteiger partial charge in [0.15, 0.2) is 6.61 Å². The van der Waals surface area contributed by atoms with E-state index in [9.17, 15) is 14.0 Å². The van der Waals surface area contributed by atoms with E-state index in [1.165, 1.54) is 18.3 Å². The average Bonchev–Trinajstić information content (AvgIpc) is 2.99. The smallest absolute Gasteiger partial charge is 0.307 e. The van der Waals surface area contributed by atoms with Gasteiger partial charge >= 0.3 is 5.91 Å². The van der Waals surface area contributed by atoms with Crippen molar-refractivity contribution < 1.29 is 23.1 Å². The first-order valence-corrected chi connectivity index (χ1v) is 8.80. The molecular formula is C18H17ClFN3O4. The Hall–Kier alpha value is -2.61. The zero-order chi connectivity index (χ0) is 19.2. The van der Waals surface area contributed by atoms with Crippen molar-refractivity contribution in [2.75, 3.05) is 6.61 Å². The number of halogens is 2. The lowest BCUT2D eigenvalue weighted by Crippen LogP contribution is -2.84. The van der Waals surface area contributed by atoms with Crippen LogP contribution in [0.5, 0.6) is 5.75 Å². The van der Waals surface area contributed by atoms with Gasteiger partial charge in [-0.25, -0.2) is 9.37 Å². The van der Waals surface area contributed by atoms with E-state index in [-0.39, 0.29) is 46.2 Å². The van der Waals surface area contributed by atoms with Crippen LogP contribution in [-0.2, 0) is 4.79 Å². The van der Waals surface area contributed by atoms with Gasteiger partial charge in [-0.2, -0.15) is 0 Å². The van der Waals surface area contributed by atoms with Crippen LogP contribution in [0.25, 0.3) is 0 Å². The topological polar surface area (TPSA) is 93.5 Å². The number of hydrogen-bond donors (Lipinski definition) is 2. The van der Waals surface area contributed by atoms with E-state index in [2.05, 4.69) is 15.6 Å². The second kappa shape index (κ2) is 6.23. The highest BCUT2D eigenvalue weighted by Gasteiger charge is 2.69. The molecule has 0 unspecified atom stereocenters. The van der Waals surface area contributed by atoms with Crippen LogP contribution in [0, 0.1) is 12.7 Å². The van der Waals surface area contributed by atoms with Crippen molar-refractivity contribution in [1.82, 2.24) is 15.6 Å². The number of aromatic nitrogens is 1. The Morgan fingerprint density at radius 1 is 1.30 bits per heavy atom. The molecule has 2 amide bonds. The molecule has 0 saturated heterocycles. The van der Waals surface area contributed by atoms with Crippen LogP contribution in [0.3, 0.4) is 0 Å². The lowest BCUT2D eigenvalue weighted by Gasteiger charge is -2.70. The molecule has 9 heteroatoms. The molecular weight excluding hydrogens is 377 g/mol.